The number of nitrogens with zero attached hydrogens (tertiary/aromatic N) is 1. The molecule has 0 saturated heterocycles. The van der Waals surface area contributed by atoms with Crippen molar-refractivity contribution < 1.29 is 12.3 Å². The molecule has 0 aromatic carbocycles. The molecule has 0 aliphatic carbocycles. The molecule has 0 fully saturated rings. The van der Waals surface area contributed by atoms with Crippen LogP contribution in [-0.2, 0) is 0 Å². The second-order valence-corrected chi connectivity index (χ2v) is 8.43. The molecule has 0 unspecified atom stereocenters. The van der Waals surface area contributed by atoms with Gasteiger partial charge in [-0.05, 0) is 25.5 Å². The van der Waals surface area contributed by atoms with Crippen LogP contribution in [-0.4, -0.2) is 27.7 Å². The lowest BCUT2D eigenvalue weighted by Gasteiger charge is -2.19. The third-order valence-corrected chi connectivity index (χ3v) is 8.23. The molecule has 74 valence electrons. The van der Waals surface area contributed by atoms with Gasteiger partial charge in [-0.2, -0.15) is 0 Å². The summed E-state index contributed by atoms with van der Waals surface area (Å²) in [4.78, 5) is 0. The highest BCUT2D eigenvalue weighted by atomic mass is 31.2. The highest BCUT2D eigenvalue weighted by Gasteiger charge is 2.40. The van der Waals surface area contributed by atoms with Crippen LogP contribution in [0.5, 0.6) is 0 Å². The second kappa shape index (κ2) is 4.47. The van der Waals surface area contributed by atoms with Crippen molar-refractivity contribution in [2.75, 3.05) is 18.5 Å². The van der Waals surface area contributed by atoms with Crippen LogP contribution in [0.4, 0.5) is 12.3 Å². The molecule has 1 nitrogen and oxygen atoms in total. The Morgan fingerprint density at radius 2 is 1.33 bits per heavy atom. The number of rotatable bonds is 4. The maximum Gasteiger partial charge on any atom is 0.772 e. The molecule has 0 atom stereocenters. The predicted molar refractivity (Wildman–Crippen MR) is 50.0 cm³/mol. The average Bonchev–Trinajstić information content (AvgIpc) is 1.99. The number of hydrogen-bond acceptors (Lipinski definition) is 1. The van der Waals surface area contributed by atoms with Crippen LogP contribution in [0.15, 0.2) is 4.41 Å². The lowest BCUT2D eigenvalue weighted by atomic mass is 10.9. The van der Waals surface area contributed by atoms with Crippen LogP contribution >= 0.6 is 7.05 Å². The van der Waals surface area contributed by atoms with Crippen LogP contribution in [0, 0.1) is 0 Å². The normalized spacial score (nSPS) is 13.2. The van der Waals surface area contributed by atoms with E-state index in [9.17, 15) is 12.3 Å². The molecular weight excluding hydrogens is 202 g/mol. The van der Waals surface area contributed by atoms with Crippen molar-refractivity contribution in [2.45, 2.75) is 20.8 Å². The van der Waals surface area contributed by atoms with Crippen molar-refractivity contribution in [3.63, 3.8) is 0 Å². The van der Waals surface area contributed by atoms with Gasteiger partial charge in [0.05, 0.1) is 0 Å². The van der Waals surface area contributed by atoms with E-state index in [2.05, 4.69) is 4.41 Å². The number of hydrogen-bond donors (Lipinski definition) is 0. The van der Waals surface area contributed by atoms with Crippen LogP contribution < -0.4 is 0 Å². The zero-order chi connectivity index (χ0) is 9.83. The Labute approximate surface area is 73.0 Å². The molecule has 0 bridgehead atoms. The smallest absolute Gasteiger partial charge is 0.249 e. The summed E-state index contributed by atoms with van der Waals surface area (Å²) in [5.74, 6) is 0. The fourth-order valence-electron chi connectivity index (χ4n) is 1.12. The quantitative estimate of drug-likeness (QED) is 0.387. The Bertz CT molecular complexity index is 171. The zero-order valence-electron chi connectivity index (χ0n) is 7.65. The summed E-state index contributed by atoms with van der Waals surface area (Å²) in [6.45, 7) is 5.43. The van der Waals surface area contributed by atoms with E-state index >= 15 is 0 Å². The van der Waals surface area contributed by atoms with Crippen molar-refractivity contribution in [3.8, 4) is 0 Å². The van der Waals surface area contributed by atoms with Crippen LogP contribution in [0.2, 0.25) is 0 Å². The minimum absolute atomic E-state index is 0.590. The Morgan fingerprint density at radius 3 is 1.42 bits per heavy atom. The lowest BCUT2D eigenvalue weighted by Crippen LogP contribution is -2.12. The third-order valence-electron chi connectivity index (χ3n) is 2.09. The van der Waals surface area contributed by atoms with E-state index in [0.29, 0.717) is 18.5 Å². The van der Waals surface area contributed by atoms with Gasteiger partial charge >= 0.3 is 9.24 Å². The molecule has 0 rings (SSSR count). The van der Waals surface area contributed by atoms with E-state index in [-0.39, 0.29) is 0 Å². The molecule has 0 aromatic rings. The fourth-order valence-corrected chi connectivity index (χ4v) is 6.09. The van der Waals surface area contributed by atoms with Crippen molar-refractivity contribution >= 4 is 16.3 Å². The minimum atomic E-state index is -5.68. The summed E-state index contributed by atoms with van der Waals surface area (Å²) < 4.78 is 39.5. The van der Waals surface area contributed by atoms with Crippen LogP contribution in [0.3, 0.4) is 0 Å². The van der Waals surface area contributed by atoms with Crippen molar-refractivity contribution in [3.05, 3.63) is 0 Å². The molecule has 0 N–H and O–H groups in total. The maximum absolute atomic E-state index is 12.1. The molecule has 0 aromatic heterocycles. The van der Waals surface area contributed by atoms with Gasteiger partial charge in [-0.25, -0.2) is 16.7 Å². The van der Waals surface area contributed by atoms with E-state index in [1.165, 1.54) is 0 Å². The summed E-state index contributed by atoms with van der Waals surface area (Å²) in [7, 11) is -7.68. The van der Waals surface area contributed by atoms with Gasteiger partial charge in [0.25, 0.3) is 0 Å². The first-order valence-corrected chi connectivity index (χ1v) is 7.94. The molecule has 0 spiro atoms. The molecule has 6 heteroatoms. The van der Waals surface area contributed by atoms with E-state index in [4.69, 9.17) is 0 Å². The van der Waals surface area contributed by atoms with Gasteiger partial charge < -0.3 is 0 Å². The van der Waals surface area contributed by atoms with E-state index in [1.54, 1.807) is 0 Å². The molecule has 0 amide bonds. The topological polar surface area (TPSA) is 12.4 Å². The summed E-state index contributed by atoms with van der Waals surface area (Å²) in [6.07, 6.45) is 1.77. The Balaban J connectivity index is 4.82. The van der Waals surface area contributed by atoms with Gasteiger partial charge in [0.2, 0.25) is 0 Å². The zero-order valence-corrected chi connectivity index (χ0v) is 9.54. The second-order valence-electron chi connectivity index (χ2n) is 2.61. The standard InChI is InChI=1S/C6H15F3NPSi/c1-4-11(5-2,6-3)10-12(7,8)9/h4-6H2,1-3H3. The van der Waals surface area contributed by atoms with Gasteiger partial charge in [-0.1, -0.05) is 20.8 Å². The molecule has 12 heavy (non-hydrogen) atoms. The molecule has 0 radical (unpaired) electrons. The first-order chi connectivity index (χ1) is 5.39. The molecule has 0 aliphatic heterocycles. The summed E-state index contributed by atoms with van der Waals surface area (Å²) in [6, 6.07) is 0. The summed E-state index contributed by atoms with van der Waals surface area (Å²) in [5, 5.41) is 0. The highest BCUT2D eigenvalue weighted by Crippen LogP contribution is 2.50. The molecule has 0 aliphatic rings. The first kappa shape index (κ1) is 12.2. The van der Waals surface area contributed by atoms with Gasteiger partial charge in [0.15, 0.2) is 0 Å². The van der Waals surface area contributed by atoms with E-state index in [0.717, 1.165) is 0 Å². The monoisotopic (exact) mass is 217 g/mol. The van der Waals surface area contributed by atoms with E-state index in [1.807, 2.05) is 20.8 Å². The fraction of sp³-hybridized carbons (Fsp3) is 1.00. The summed E-state index contributed by atoms with van der Waals surface area (Å²) in [5.41, 5.74) is 0. The first-order valence-electron chi connectivity index (χ1n) is 4.06. The highest BCUT2D eigenvalue weighted by molar-refractivity contribution is 7.67. The van der Waals surface area contributed by atoms with Crippen LogP contribution in [0.1, 0.15) is 20.8 Å². The lowest BCUT2D eigenvalue weighted by molar-refractivity contribution is 0.477. The van der Waals surface area contributed by atoms with Gasteiger partial charge in [-0.3, -0.25) is 0 Å². The Morgan fingerprint density at radius 1 is 1.00 bits per heavy atom. The van der Waals surface area contributed by atoms with Gasteiger partial charge in [0.1, 0.15) is 0 Å². The van der Waals surface area contributed by atoms with Crippen molar-refractivity contribution in [1.82, 2.24) is 0 Å². The molecule has 0 heterocycles. The molecular formula is C6H15F3NPSi. The minimum Gasteiger partial charge on any atom is -0.249 e. The SMILES string of the molecule is CCP(CC)(CC)=N[Si](F)(F)F. The average molecular weight is 217 g/mol. The Kier molecular flexibility index (Phi) is 4.55. The van der Waals surface area contributed by atoms with Crippen molar-refractivity contribution in [1.29, 1.82) is 0 Å². The number of halogens is 3. The van der Waals surface area contributed by atoms with Gasteiger partial charge in [0, 0.05) is 0 Å². The predicted octanol–water partition coefficient (Wildman–Crippen LogP) is 3.59. The van der Waals surface area contributed by atoms with Crippen molar-refractivity contribution in [2.24, 2.45) is 4.41 Å². The third kappa shape index (κ3) is 3.76. The molecule has 0 saturated carbocycles. The largest absolute Gasteiger partial charge is 0.772 e. The van der Waals surface area contributed by atoms with Crippen LogP contribution in [0.25, 0.3) is 0 Å². The summed E-state index contributed by atoms with van der Waals surface area (Å²) >= 11 is 0. The van der Waals surface area contributed by atoms with E-state index < -0.39 is 16.3 Å². The maximum atomic E-state index is 12.1. The van der Waals surface area contributed by atoms with Gasteiger partial charge in [-0.15, -0.1) is 0 Å². The Hall–Kier alpha value is 0.237.